The van der Waals surface area contributed by atoms with Gasteiger partial charge in [-0.3, -0.25) is 10.1 Å². The lowest BCUT2D eigenvalue weighted by Crippen LogP contribution is -2.00. The maximum Gasteiger partial charge on any atom is 0.337 e. The Labute approximate surface area is 131 Å². The van der Waals surface area contributed by atoms with Gasteiger partial charge in [-0.05, 0) is 28.1 Å². The summed E-state index contributed by atoms with van der Waals surface area (Å²) in [4.78, 5) is 25.0. The molecule has 0 aliphatic rings. The van der Waals surface area contributed by atoms with E-state index in [1.54, 1.807) is 0 Å². The number of non-ortho nitro benzene ring substituents is 1. The molecule has 108 valence electrons. The Kier molecular flexibility index (Phi) is 4.39. The van der Waals surface area contributed by atoms with Gasteiger partial charge in [0, 0.05) is 12.3 Å². The maximum absolute atomic E-state index is 11.0. The summed E-state index contributed by atoms with van der Waals surface area (Å²) in [6.45, 7) is 0. The molecule has 1 aromatic carbocycles. The van der Waals surface area contributed by atoms with Crippen LogP contribution in [0.25, 0.3) is 0 Å². The van der Waals surface area contributed by atoms with Crippen LogP contribution in [-0.2, 0) is 0 Å². The first-order valence-corrected chi connectivity index (χ1v) is 6.57. The van der Waals surface area contributed by atoms with Gasteiger partial charge in [0.2, 0.25) is 5.88 Å². The van der Waals surface area contributed by atoms with Crippen molar-refractivity contribution in [3.63, 3.8) is 0 Å². The average molecular weight is 374 g/mol. The van der Waals surface area contributed by atoms with Gasteiger partial charge >= 0.3 is 5.97 Å². The largest absolute Gasteiger partial charge is 0.478 e. The van der Waals surface area contributed by atoms with Crippen molar-refractivity contribution in [2.24, 2.45) is 0 Å². The minimum absolute atomic E-state index is 0.0983. The number of hydrogen-bond donors (Lipinski definition) is 1. The SMILES string of the molecule is O=C(O)c1ccnc(Oc2cc([N+](=O)[O-])ccc2Br)c1Cl. The molecule has 0 aliphatic carbocycles. The zero-order chi connectivity index (χ0) is 15.6. The fourth-order valence-corrected chi connectivity index (χ4v) is 2.01. The number of aromatic nitrogens is 1. The van der Waals surface area contributed by atoms with Crippen molar-refractivity contribution in [2.45, 2.75) is 0 Å². The third-order valence-electron chi connectivity index (χ3n) is 2.42. The van der Waals surface area contributed by atoms with Crippen LogP contribution < -0.4 is 4.74 Å². The number of carbonyl (C=O) groups is 1. The van der Waals surface area contributed by atoms with Crippen molar-refractivity contribution < 1.29 is 19.6 Å². The molecule has 0 fully saturated rings. The summed E-state index contributed by atoms with van der Waals surface area (Å²) in [7, 11) is 0. The molecule has 0 unspecified atom stereocenters. The molecule has 0 saturated heterocycles. The molecule has 1 aromatic heterocycles. The number of benzene rings is 1. The number of pyridine rings is 1. The molecule has 0 atom stereocenters. The second kappa shape index (κ2) is 6.06. The van der Waals surface area contributed by atoms with Crippen LogP contribution in [0.3, 0.4) is 0 Å². The van der Waals surface area contributed by atoms with Gasteiger partial charge in [0.1, 0.15) is 5.02 Å². The van der Waals surface area contributed by atoms with Crippen LogP contribution in [-0.4, -0.2) is 21.0 Å². The third-order valence-corrected chi connectivity index (χ3v) is 3.44. The standard InChI is InChI=1S/C12H6BrClN2O5/c13-8-2-1-6(16(19)20)5-9(8)21-11-10(14)7(12(17)18)3-4-15-11/h1-5H,(H,17,18). The van der Waals surface area contributed by atoms with Crippen LogP contribution in [0.15, 0.2) is 34.9 Å². The van der Waals surface area contributed by atoms with E-state index >= 15 is 0 Å². The highest BCUT2D eigenvalue weighted by Crippen LogP contribution is 2.35. The predicted octanol–water partition coefficient (Wildman–Crippen LogP) is 3.90. The van der Waals surface area contributed by atoms with E-state index in [2.05, 4.69) is 20.9 Å². The van der Waals surface area contributed by atoms with E-state index in [0.29, 0.717) is 4.47 Å². The Morgan fingerprint density at radius 1 is 1.43 bits per heavy atom. The highest BCUT2D eigenvalue weighted by atomic mass is 79.9. The summed E-state index contributed by atoms with van der Waals surface area (Å²) in [6, 6.07) is 5.12. The zero-order valence-electron chi connectivity index (χ0n) is 10.1. The highest BCUT2D eigenvalue weighted by molar-refractivity contribution is 9.10. The van der Waals surface area contributed by atoms with E-state index in [0.717, 1.165) is 0 Å². The average Bonchev–Trinajstić information content (AvgIpc) is 2.42. The number of nitro benzene ring substituents is 1. The van der Waals surface area contributed by atoms with Gasteiger partial charge in [0.15, 0.2) is 5.75 Å². The third kappa shape index (κ3) is 3.29. The lowest BCUT2D eigenvalue weighted by molar-refractivity contribution is -0.384. The number of rotatable bonds is 4. The minimum Gasteiger partial charge on any atom is -0.478 e. The zero-order valence-corrected chi connectivity index (χ0v) is 12.5. The summed E-state index contributed by atoms with van der Waals surface area (Å²) >= 11 is 9.07. The van der Waals surface area contributed by atoms with Gasteiger partial charge in [-0.2, -0.15) is 0 Å². The first-order valence-electron chi connectivity index (χ1n) is 5.39. The molecular formula is C12H6BrClN2O5. The monoisotopic (exact) mass is 372 g/mol. The van der Waals surface area contributed by atoms with Crippen LogP contribution in [0.1, 0.15) is 10.4 Å². The fraction of sp³-hybridized carbons (Fsp3) is 0. The Bertz CT molecular complexity index is 738. The molecule has 0 bridgehead atoms. The first-order chi connectivity index (χ1) is 9.90. The number of aromatic carboxylic acids is 1. The summed E-state index contributed by atoms with van der Waals surface area (Å²) in [6.07, 6.45) is 1.22. The molecule has 2 rings (SSSR count). The quantitative estimate of drug-likeness (QED) is 0.644. The van der Waals surface area contributed by atoms with Crippen molar-refractivity contribution >= 4 is 39.2 Å². The Balaban J connectivity index is 2.43. The first kappa shape index (κ1) is 15.2. The normalized spacial score (nSPS) is 10.2. The summed E-state index contributed by atoms with van der Waals surface area (Å²) in [5, 5.41) is 19.5. The lowest BCUT2D eigenvalue weighted by Gasteiger charge is -2.09. The molecule has 0 aliphatic heterocycles. The Morgan fingerprint density at radius 3 is 2.76 bits per heavy atom. The van der Waals surface area contributed by atoms with Crippen molar-refractivity contribution in [1.82, 2.24) is 4.98 Å². The molecular weight excluding hydrogens is 367 g/mol. The number of halogens is 2. The van der Waals surface area contributed by atoms with E-state index in [1.807, 2.05) is 0 Å². The number of hydrogen-bond acceptors (Lipinski definition) is 5. The van der Waals surface area contributed by atoms with E-state index in [-0.39, 0.29) is 27.9 Å². The smallest absolute Gasteiger partial charge is 0.337 e. The molecule has 0 radical (unpaired) electrons. The Morgan fingerprint density at radius 2 is 2.14 bits per heavy atom. The maximum atomic E-state index is 11.0. The summed E-state index contributed by atoms with van der Waals surface area (Å²) < 4.78 is 5.80. The number of nitrogens with zero attached hydrogens (tertiary/aromatic N) is 2. The molecule has 0 spiro atoms. The van der Waals surface area contributed by atoms with E-state index in [1.165, 1.54) is 30.5 Å². The fourth-order valence-electron chi connectivity index (χ4n) is 1.45. The van der Waals surface area contributed by atoms with Gasteiger partial charge < -0.3 is 9.84 Å². The van der Waals surface area contributed by atoms with Gasteiger partial charge in [-0.15, -0.1) is 0 Å². The molecule has 21 heavy (non-hydrogen) atoms. The van der Waals surface area contributed by atoms with E-state index in [9.17, 15) is 14.9 Å². The van der Waals surface area contributed by atoms with Crippen LogP contribution in [0.2, 0.25) is 5.02 Å². The van der Waals surface area contributed by atoms with Crippen LogP contribution in [0, 0.1) is 10.1 Å². The number of carboxylic acid groups (broad SMARTS) is 1. The lowest BCUT2D eigenvalue weighted by atomic mass is 10.2. The van der Waals surface area contributed by atoms with Gasteiger partial charge in [-0.1, -0.05) is 11.6 Å². The van der Waals surface area contributed by atoms with Gasteiger partial charge in [-0.25, -0.2) is 9.78 Å². The van der Waals surface area contributed by atoms with Crippen molar-refractivity contribution in [3.05, 3.63) is 55.6 Å². The number of carboxylic acids is 1. The van der Waals surface area contributed by atoms with Gasteiger partial charge in [0.25, 0.3) is 5.69 Å². The highest BCUT2D eigenvalue weighted by Gasteiger charge is 2.17. The number of nitro groups is 1. The molecule has 0 saturated carbocycles. The summed E-state index contributed by atoms with van der Waals surface area (Å²) in [5.74, 6) is -1.29. The topological polar surface area (TPSA) is 103 Å². The molecule has 9 heteroatoms. The Hall–Kier alpha value is -2.19. The van der Waals surface area contributed by atoms with Crippen molar-refractivity contribution in [2.75, 3.05) is 0 Å². The second-order valence-electron chi connectivity index (χ2n) is 3.76. The molecule has 1 heterocycles. The van der Waals surface area contributed by atoms with Crippen molar-refractivity contribution in [3.8, 4) is 11.6 Å². The van der Waals surface area contributed by atoms with Crippen LogP contribution in [0.4, 0.5) is 5.69 Å². The minimum atomic E-state index is -1.23. The summed E-state index contributed by atoms with van der Waals surface area (Å²) in [5.41, 5.74) is -0.359. The van der Waals surface area contributed by atoms with Crippen LogP contribution >= 0.6 is 27.5 Å². The molecule has 7 nitrogen and oxygen atoms in total. The molecule has 1 N–H and O–H groups in total. The number of ether oxygens (including phenoxy) is 1. The van der Waals surface area contributed by atoms with Crippen molar-refractivity contribution in [1.29, 1.82) is 0 Å². The second-order valence-corrected chi connectivity index (χ2v) is 4.99. The van der Waals surface area contributed by atoms with Gasteiger partial charge in [0.05, 0.1) is 21.0 Å². The molecule has 2 aromatic rings. The molecule has 0 amide bonds. The van der Waals surface area contributed by atoms with E-state index in [4.69, 9.17) is 21.4 Å². The van der Waals surface area contributed by atoms with Crippen LogP contribution in [0.5, 0.6) is 11.6 Å². The van der Waals surface area contributed by atoms with E-state index < -0.39 is 10.9 Å². The predicted molar refractivity (Wildman–Crippen MR) is 77.1 cm³/mol.